The summed E-state index contributed by atoms with van der Waals surface area (Å²) < 4.78 is 27.0. The molecule has 3 nitrogen and oxygen atoms in total. The highest BCUT2D eigenvalue weighted by atomic mass is 32.2. The van der Waals surface area contributed by atoms with Crippen LogP contribution in [0.2, 0.25) is 0 Å². The zero-order valence-electron chi connectivity index (χ0n) is 10.3. The van der Waals surface area contributed by atoms with Gasteiger partial charge < -0.3 is 11.1 Å². The van der Waals surface area contributed by atoms with Crippen molar-refractivity contribution < 1.29 is 13.6 Å². The number of rotatable bonds is 5. The number of amides is 1. The van der Waals surface area contributed by atoms with E-state index in [0.717, 1.165) is 17.9 Å². The van der Waals surface area contributed by atoms with Crippen LogP contribution in [0.25, 0.3) is 0 Å². The summed E-state index contributed by atoms with van der Waals surface area (Å²) in [7, 11) is 0. The third-order valence-electron chi connectivity index (χ3n) is 2.30. The van der Waals surface area contributed by atoms with Crippen molar-refractivity contribution in [1.29, 1.82) is 0 Å². The van der Waals surface area contributed by atoms with Gasteiger partial charge in [0.25, 0.3) is 5.91 Å². The number of hydrogen-bond donors (Lipinski definition) is 2. The molecule has 18 heavy (non-hydrogen) atoms. The molecule has 100 valence electrons. The van der Waals surface area contributed by atoms with Crippen LogP contribution in [0, 0.1) is 11.6 Å². The molecule has 0 bridgehead atoms. The molecule has 0 fully saturated rings. The summed E-state index contributed by atoms with van der Waals surface area (Å²) in [5.41, 5.74) is 4.45. The fraction of sp³-hybridized carbons (Fsp3) is 0.417. The van der Waals surface area contributed by atoms with Gasteiger partial charge in [-0.05, 0) is 24.8 Å². The predicted octanol–water partition coefficient (Wildman–Crippen LogP) is 2.42. The first kappa shape index (κ1) is 14.8. The Morgan fingerprint density at radius 2 is 2.17 bits per heavy atom. The number of thioether (sulfide) groups is 1. The van der Waals surface area contributed by atoms with Crippen molar-refractivity contribution in [1.82, 2.24) is 5.32 Å². The molecule has 1 aromatic carbocycles. The van der Waals surface area contributed by atoms with Crippen LogP contribution in [0.15, 0.2) is 12.1 Å². The van der Waals surface area contributed by atoms with E-state index < -0.39 is 23.1 Å². The van der Waals surface area contributed by atoms with Crippen LogP contribution >= 0.6 is 11.8 Å². The molecular weight excluding hydrogens is 258 g/mol. The lowest BCUT2D eigenvalue weighted by Gasteiger charge is -2.14. The Morgan fingerprint density at radius 3 is 2.78 bits per heavy atom. The quantitative estimate of drug-likeness (QED) is 0.811. The maximum Gasteiger partial charge on any atom is 0.257 e. The second kappa shape index (κ2) is 6.58. The Labute approximate surface area is 109 Å². The van der Waals surface area contributed by atoms with Gasteiger partial charge in [0.15, 0.2) is 5.82 Å². The van der Waals surface area contributed by atoms with Crippen molar-refractivity contribution in [2.24, 2.45) is 0 Å². The van der Waals surface area contributed by atoms with Gasteiger partial charge in [-0.15, -0.1) is 0 Å². The molecule has 0 aliphatic heterocycles. The third-order valence-corrected chi connectivity index (χ3v) is 3.44. The number of benzene rings is 1. The monoisotopic (exact) mass is 274 g/mol. The zero-order valence-corrected chi connectivity index (χ0v) is 11.1. The SMILES string of the molecule is CCSCC(C)NC(=O)c1c(F)ccc(N)c1F. The predicted molar refractivity (Wildman–Crippen MR) is 70.7 cm³/mol. The van der Waals surface area contributed by atoms with Gasteiger partial charge >= 0.3 is 0 Å². The van der Waals surface area contributed by atoms with Gasteiger partial charge in [-0.1, -0.05) is 6.92 Å². The Morgan fingerprint density at radius 1 is 1.50 bits per heavy atom. The molecule has 0 saturated carbocycles. The van der Waals surface area contributed by atoms with Crippen molar-refractivity contribution in [3.63, 3.8) is 0 Å². The fourth-order valence-corrected chi connectivity index (χ4v) is 2.08. The Bertz CT molecular complexity index is 440. The minimum absolute atomic E-state index is 0.164. The zero-order chi connectivity index (χ0) is 13.7. The molecule has 0 spiro atoms. The summed E-state index contributed by atoms with van der Waals surface area (Å²) in [4.78, 5) is 11.8. The summed E-state index contributed by atoms with van der Waals surface area (Å²) in [6.07, 6.45) is 0. The summed E-state index contributed by atoms with van der Waals surface area (Å²) in [5, 5.41) is 2.54. The van der Waals surface area contributed by atoms with Crippen molar-refractivity contribution in [2.75, 3.05) is 17.2 Å². The molecule has 0 heterocycles. The molecule has 1 rings (SSSR count). The normalized spacial score (nSPS) is 12.2. The molecule has 0 aromatic heterocycles. The van der Waals surface area contributed by atoms with Gasteiger partial charge in [-0.3, -0.25) is 4.79 Å². The van der Waals surface area contributed by atoms with Crippen LogP contribution in [0.3, 0.4) is 0 Å². The molecule has 3 N–H and O–H groups in total. The standard InChI is InChI=1S/C12H16F2N2OS/c1-3-18-6-7(2)16-12(17)10-8(13)4-5-9(15)11(10)14/h4-5,7H,3,6,15H2,1-2H3,(H,16,17). The Hall–Kier alpha value is -1.30. The molecule has 1 amide bonds. The van der Waals surface area contributed by atoms with Crippen LogP contribution in [-0.2, 0) is 0 Å². The summed E-state index contributed by atoms with van der Waals surface area (Å²) in [5.74, 6) is -1.09. The van der Waals surface area contributed by atoms with Crippen molar-refractivity contribution in [3.8, 4) is 0 Å². The maximum absolute atomic E-state index is 13.6. The molecule has 6 heteroatoms. The van der Waals surface area contributed by atoms with Gasteiger partial charge in [0, 0.05) is 11.8 Å². The van der Waals surface area contributed by atoms with Crippen LogP contribution < -0.4 is 11.1 Å². The number of nitrogen functional groups attached to an aromatic ring is 1. The molecule has 1 unspecified atom stereocenters. The average molecular weight is 274 g/mol. The molecule has 1 aromatic rings. The van der Waals surface area contributed by atoms with E-state index in [1.165, 1.54) is 0 Å². The first-order chi connectivity index (χ1) is 8.47. The molecule has 0 aliphatic rings. The number of nitrogens with one attached hydrogen (secondary N) is 1. The number of carbonyl (C=O) groups is 1. The second-order valence-corrected chi connectivity index (χ2v) is 5.18. The number of nitrogens with two attached hydrogens (primary N) is 1. The maximum atomic E-state index is 13.6. The topological polar surface area (TPSA) is 55.1 Å². The molecule has 0 aliphatic carbocycles. The summed E-state index contributed by atoms with van der Waals surface area (Å²) >= 11 is 1.64. The van der Waals surface area contributed by atoms with Crippen molar-refractivity contribution in [2.45, 2.75) is 19.9 Å². The van der Waals surface area contributed by atoms with Gasteiger partial charge in [-0.25, -0.2) is 8.78 Å². The number of hydrogen-bond acceptors (Lipinski definition) is 3. The highest BCUT2D eigenvalue weighted by Gasteiger charge is 2.20. The van der Waals surface area contributed by atoms with Gasteiger partial charge in [0.1, 0.15) is 11.4 Å². The van der Waals surface area contributed by atoms with E-state index in [-0.39, 0.29) is 11.7 Å². The number of halogens is 2. The van der Waals surface area contributed by atoms with E-state index in [1.54, 1.807) is 18.7 Å². The Balaban J connectivity index is 2.81. The third kappa shape index (κ3) is 3.60. The minimum atomic E-state index is -1.01. The van der Waals surface area contributed by atoms with Crippen molar-refractivity contribution >= 4 is 23.4 Å². The lowest BCUT2D eigenvalue weighted by Crippen LogP contribution is -2.35. The van der Waals surface area contributed by atoms with E-state index in [0.29, 0.717) is 5.75 Å². The van der Waals surface area contributed by atoms with E-state index in [1.807, 2.05) is 6.92 Å². The van der Waals surface area contributed by atoms with E-state index >= 15 is 0 Å². The lowest BCUT2D eigenvalue weighted by molar-refractivity contribution is 0.0935. The second-order valence-electron chi connectivity index (χ2n) is 3.86. The van der Waals surface area contributed by atoms with Gasteiger partial charge in [-0.2, -0.15) is 11.8 Å². The summed E-state index contributed by atoms with van der Waals surface area (Å²) in [6, 6.07) is 1.92. The van der Waals surface area contributed by atoms with Gasteiger partial charge in [0.2, 0.25) is 0 Å². The largest absolute Gasteiger partial charge is 0.396 e. The highest BCUT2D eigenvalue weighted by Crippen LogP contribution is 2.18. The smallest absolute Gasteiger partial charge is 0.257 e. The summed E-state index contributed by atoms with van der Waals surface area (Å²) in [6.45, 7) is 3.78. The van der Waals surface area contributed by atoms with Gasteiger partial charge in [0.05, 0.1) is 5.69 Å². The average Bonchev–Trinajstić information content (AvgIpc) is 2.31. The highest BCUT2D eigenvalue weighted by molar-refractivity contribution is 7.99. The lowest BCUT2D eigenvalue weighted by atomic mass is 10.1. The van der Waals surface area contributed by atoms with Crippen LogP contribution in [0.1, 0.15) is 24.2 Å². The van der Waals surface area contributed by atoms with E-state index in [9.17, 15) is 13.6 Å². The van der Waals surface area contributed by atoms with Crippen molar-refractivity contribution in [3.05, 3.63) is 29.3 Å². The minimum Gasteiger partial charge on any atom is -0.396 e. The number of anilines is 1. The first-order valence-electron chi connectivity index (χ1n) is 5.59. The van der Waals surface area contributed by atoms with E-state index in [4.69, 9.17) is 5.73 Å². The van der Waals surface area contributed by atoms with Crippen LogP contribution in [-0.4, -0.2) is 23.5 Å². The van der Waals surface area contributed by atoms with Crippen LogP contribution in [0.4, 0.5) is 14.5 Å². The molecule has 0 radical (unpaired) electrons. The molecular formula is C12H16F2N2OS. The van der Waals surface area contributed by atoms with Crippen LogP contribution in [0.5, 0.6) is 0 Å². The first-order valence-corrected chi connectivity index (χ1v) is 6.74. The molecule has 1 atom stereocenters. The fourth-order valence-electron chi connectivity index (χ4n) is 1.41. The Kier molecular flexibility index (Phi) is 5.40. The molecule has 0 saturated heterocycles. The number of carbonyl (C=O) groups excluding carboxylic acids is 1. The van der Waals surface area contributed by atoms with E-state index in [2.05, 4.69) is 5.32 Å².